The highest BCUT2D eigenvalue weighted by atomic mass is 32.2. The van der Waals surface area contributed by atoms with Gasteiger partial charge in [0.2, 0.25) is 0 Å². The van der Waals surface area contributed by atoms with Crippen LogP contribution in [0.15, 0.2) is 42.5 Å². The zero-order chi connectivity index (χ0) is 23.8. The first kappa shape index (κ1) is 25.1. The monoisotopic (exact) mass is 475 g/mol. The smallest absolute Gasteiger partial charge is 0.333 e. The van der Waals surface area contributed by atoms with Gasteiger partial charge in [0.15, 0.2) is 6.10 Å². The van der Waals surface area contributed by atoms with E-state index < -0.39 is 22.2 Å². The summed E-state index contributed by atoms with van der Waals surface area (Å²) in [7, 11) is -3.50. The molecule has 180 valence electrons. The Morgan fingerprint density at radius 2 is 1.94 bits per heavy atom. The van der Waals surface area contributed by atoms with Crippen molar-refractivity contribution in [1.82, 2.24) is 0 Å². The Labute approximate surface area is 196 Å². The number of rotatable bonds is 12. The molecule has 7 nitrogen and oxygen atoms in total. The fourth-order valence-electron chi connectivity index (χ4n) is 4.29. The Kier molecular flexibility index (Phi) is 8.74. The Bertz CT molecular complexity index is 1040. The zero-order valence-corrected chi connectivity index (χ0v) is 20.1. The minimum Gasteiger partial charge on any atom is -0.479 e. The van der Waals surface area contributed by atoms with Crippen LogP contribution in [0.2, 0.25) is 0 Å². The molecule has 2 unspecified atom stereocenters. The lowest BCUT2D eigenvalue weighted by molar-refractivity contribution is -0.149. The lowest BCUT2D eigenvalue weighted by Crippen LogP contribution is -2.26. The topological polar surface area (TPSA) is 102 Å². The molecule has 2 N–H and O–H groups in total. The number of fused-ring (bicyclic) bond motifs is 1. The Morgan fingerprint density at radius 1 is 1.18 bits per heavy atom. The largest absolute Gasteiger partial charge is 0.479 e. The maximum absolute atomic E-state index is 11.3. The number of benzene rings is 2. The zero-order valence-electron chi connectivity index (χ0n) is 19.2. The normalized spacial score (nSPS) is 16.6. The van der Waals surface area contributed by atoms with Crippen LogP contribution in [-0.4, -0.2) is 45.0 Å². The highest BCUT2D eigenvalue weighted by Crippen LogP contribution is 2.31. The first-order valence-electron chi connectivity index (χ1n) is 11.4. The van der Waals surface area contributed by atoms with E-state index in [4.69, 9.17) is 8.92 Å². The molecule has 0 amide bonds. The van der Waals surface area contributed by atoms with Crippen LogP contribution in [0.4, 0.5) is 5.69 Å². The van der Waals surface area contributed by atoms with Gasteiger partial charge in [0.1, 0.15) is 5.75 Å². The SMILES string of the molecule is CCOC(Cc1ccc(NCCCC2CCc3cc(OS(C)(=O)=O)ccc3C2)cc1)C(=O)O. The lowest BCUT2D eigenvalue weighted by Gasteiger charge is -2.25. The molecule has 2 atom stereocenters. The van der Waals surface area contributed by atoms with Gasteiger partial charge in [0, 0.05) is 25.3 Å². The van der Waals surface area contributed by atoms with Gasteiger partial charge in [-0.2, -0.15) is 8.42 Å². The summed E-state index contributed by atoms with van der Waals surface area (Å²) >= 11 is 0. The van der Waals surface area contributed by atoms with Crippen LogP contribution in [0.5, 0.6) is 5.75 Å². The molecule has 0 radical (unpaired) electrons. The van der Waals surface area contributed by atoms with Crippen LogP contribution in [-0.2, 0) is 38.9 Å². The van der Waals surface area contributed by atoms with Crippen LogP contribution >= 0.6 is 0 Å². The number of carboxylic acids is 1. The van der Waals surface area contributed by atoms with Crippen molar-refractivity contribution in [2.75, 3.05) is 24.7 Å². The molecule has 2 aromatic carbocycles. The molecule has 0 bridgehead atoms. The van der Waals surface area contributed by atoms with Crippen molar-refractivity contribution in [2.24, 2.45) is 5.92 Å². The minimum absolute atomic E-state index is 0.356. The van der Waals surface area contributed by atoms with Crippen molar-refractivity contribution in [3.8, 4) is 5.75 Å². The van der Waals surface area contributed by atoms with Crippen molar-refractivity contribution >= 4 is 21.8 Å². The Balaban J connectivity index is 1.41. The summed E-state index contributed by atoms with van der Waals surface area (Å²) in [6.45, 7) is 3.05. The minimum atomic E-state index is -3.50. The summed E-state index contributed by atoms with van der Waals surface area (Å²) in [4.78, 5) is 11.2. The number of ether oxygens (including phenoxy) is 1. The van der Waals surface area contributed by atoms with E-state index in [0.29, 0.717) is 24.7 Å². The van der Waals surface area contributed by atoms with E-state index in [1.807, 2.05) is 36.4 Å². The van der Waals surface area contributed by atoms with E-state index in [9.17, 15) is 18.3 Å². The van der Waals surface area contributed by atoms with Gasteiger partial charge in [0.25, 0.3) is 0 Å². The Morgan fingerprint density at radius 3 is 2.61 bits per heavy atom. The first-order valence-corrected chi connectivity index (χ1v) is 13.2. The third-order valence-electron chi connectivity index (χ3n) is 5.89. The Hall–Kier alpha value is -2.58. The number of aliphatic carboxylic acids is 1. The van der Waals surface area contributed by atoms with Crippen LogP contribution < -0.4 is 9.50 Å². The highest BCUT2D eigenvalue weighted by molar-refractivity contribution is 7.86. The highest BCUT2D eigenvalue weighted by Gasteiger charge is 2.20. The van der Waals surface area contributed by atoms with Crippen molar-refractivity contribution in [1.29, 1.82) is 0 Å². The maximum atomic E-state index is 11.3. The quantitative estimate of drug-likeness (QED) is 0.353. The summed E-state index contributed by atoms with van der Waals surface area (Å²) in [6, 6.07) is 13.4. The van der Waals surface area contributed by atoms with Crippen LogP contribution in [0.1, 0.15) is 42.9 Å². The van der Waals surface area contributed by atoms with E-state index in [2.05, 4.69) is 5.32 Å². The van der Waals surface area contributed by atoms with Crippen molar-refractivity contribution in [3.05, 3.63) is 59.2 Å². The second-order valence-corrected chi connectivity index (χ2v) is 10.2. The second kappa shape index (κ2) is 11.5. The summed E-state index contributed by atoms with van der Waals surface area (Å²) in [5, 5.41) is 12.7. The number of anilines is 1. The first-order chi connectivity index (χ1) is 15.7. The van der Waals surface area contributed by atoms with E-state index in [1.165, 1.54) is 11.1 Å². The fourth-order valence-corrected chi connectivity index (χ4v) is 4.75. The van der Waals surface area contributed by atoms with Crippen LogP contribution in [0.3, 0.4) is 0 Å². The molecule has 33 heavy (non-hydrogen) atoms. The van der Waals surface area contributed by atoms with Gasteiger partial charge < -0.3 is 19.3 Å². The molecule has 0 aliphatic heterocycles. The molecule has 0 saturated heterocycles. The summed E-state index contributed by atoms with van der Waals surface area (Å²) in [6.07, 6.45) is 5.82. The predicted molar refractivity (Wildman–Crippen MR) is 128 cm³/mol. The molecule has 8 heteroatoms. The third kappa shape index (κ3) is 8.05. The molecule has 0 aromatic heterocycles. The molecule has 1 aliphatic carbocycles. The second-order valence-electron chi connectivity index (χ2n) is 8.58. The fraction of sp³-hybridized carbons (Fsp3) is 0.480. The van der Waals surface area contributed by atoms with E-state index in [-0.39, 0.29) is 0 Å². The van der Waals surface area contributed by atoms with Gasteiger partial charge >= 0.3 is 16.1 Å². The maximum Gasteiger partial charge on any atom is 0.333 e. The number of nitrogens with one attached hydrogen (secondary N) is 1. The molecule has 1 aliphatic rings. The molecule has 3 rings (SSSR count). The van der Waals surface area contributed by atoms with Crippen LogP contribution in [0, 0.1) is 5.92 Å². The molecule has 0 saturated carbocycles. The van der Waals surface area contributed by atoms with Crippen molar-refractivity contribution in [2.45, 2.75) is 51.6 Å². The number of carboxylic acid groups (broad SMARTS) is 1. The lowest BCUT2D eigenvalue weighted by atomic mass is 9.81. The van der Waals surface area contributed by atoms with E-state index in [0.717, 1.165) is 56.2 Å². The van der Waals surface area contributed by atoms with Gasteiger partial charge in [-0.1, -0.05) is 18.2 Å². The van der Waals surface area contributed by atoms with Crippen molar-refractivity contribution < 1.29 is 27.2 Å². The molecular formula is C25H33NO6S. The van der Waals surface area contributed by atoms with Gasteiger partial charge in [-0.15, -0.1) is 0 Å². The number of aryl methyl sites for hydroxylation is 1. The summed E-state index contributed by atoms with van der Waals surface area (Å²) < 4.78 is 32.9. The molecule has 0 heterocycles. The van der Waals surface area contributed by atoms with Gasteiger partial charge in [-0.3, -0.25) is 0 Å². The number of hydrogen-bond donors (Lipinski definition) is 2. The van der Waals surface area contributed by atoms with E-state index in [1.54, 1.807) is 13.0 Å². The van der Waals surface area contributed by atoms with Gasteiger partial charge in [-0.05, 0) is 85.9 Å². The predicted octanol–water partition coefficient (Wildman–Crippen LogP) is 4.05. The number of hydrogen-bond acceptors (Lipinski definition) is 6. The number of carbonyl (C=O) groups is 1. The average molecular weight is 476 g/mol. The third-order valence-corrected chi connectivity index (χ3v) is 6.39. The van der Waals surface area contributed by atoms with E-state index >= 15 is 0 Å². The molecular weight excluding hydrogens is 442 g/mol. The molecule has 0 spiro atoms. The summed E-state index contributed by atoms with van der Waals surface area (Å²) in [5.41, 5.74) is 4.42. The molecule has 2 aromatic rings. The van der Waals surface area contributed by atoms with Gasteiger partial charge in [0.05, 0.1) is 6.26 Å². The standard InChI is InChI=1S/C25H33NO6S/c1-3-31-24(25(27)28)16-19-7-11-22(12-8-19)26-14-4-5-18-6-9-21-17-23(32-33(2,29)30)13-10-20(21)15-18/h7-8,10-13,17-18,24,26H,3-6,9,14-16H2,1-2H3,(H,27,28). The molecule has 0 fully saturated rings. The summed E-state index contributed by atoms with van der Waals surface area (Å²) in [5.74, 6) is 0.0724. The average Bonchev–Trinajstić information content (AvgIpc) is 2.76. The van der Waals surface area contributed by atoms with Gasteiger partial charge in [-0.25, -0.2) is 4.79 Å². The van der Waals surface area contributed by atoms with Crippen molar-refractivity contribution in [3.63, 3.8) is 0 Å². The van der Waals surface area contributed by atoms with Crippen LogP contribution in [0.25, 0.3) is 0 Å².